The van der Waals surface area contributed by atoms with Crippen molar-refractivity contribution in [1.29, 1.82) is 0 Å². The lowest BCUT2D eigenvalue weighted by Gasteiger charge is -2.17. The van der Waals surface area contributed by atoms with Crippen LogP contribution in [0.2, 0.25) is 0 Å². The molecule has 1 N–H and O–H groups in total. The highest BCUT2D eigenvalue weighted by atomic mass is 79.9. The molecule has 0 amide bonds. The lowest BCUT2D eigenvalue weighted by Crippen LogP contribution is -2.25. The van der Waals surface area contributed by atoms with Gasteiger partial charge in [0.25, 0.3) is 0 Å². The van der Waals surface area contributed by atoms with E-state index in [1.165, 1.54) is 12.0 Å². The van der Waals surface area contributed by atoms with Gasteiger partial charge in [0.15, 0.2) is 0 Å². The van der Waals surface area contributed by atoms with Crippen molar-refractivity contribution in [2.24, 2.45) is 0 Å². The van der Waals surface area contributed by atoms with Crippen LogP contribution >= 0.6 is 15.9 Å². The van der Waals surface area contributed by atoms with E-state index in [2.05, 4.69) is 59.4 Å². The fourth-order valence-electron chi connectivity index (χ4n) is 1.88. The van der Waals surface area contributed by atoms with Crippen molar-refractivity contribution < 1.29 is 4.74 Å². The number of halogens is 1. The van der Waals surface area contributed by atoms with Crippen LogP contribution in [0, 0.1) is 0 Å². The summed E-state index contributed by atoms with van der Waals surface area (Å²) in [6, 6.07) is 8.91. The lowest BCUT2D eigenvalue weighted by atomic mass is 10.0. The number of hydrogen-bond acceptors (Lipinski definition) is 2. The molecular formula is C15H24BrNO. The smallest absolute Gasteiger partial charge is 0.0591 e. The van der Waals surface area contributed by atoms with Crippen LogP contribution in [-0.2, 0) is 4.74 Å². The van der Waals surface area contributed by atoms with Gasteiger partial charge < -0.3 is 10.1 Å². The fraction of sp³-hybridized carbons (Fsp3) is 0.600. The van der Waals surface area contributed by atoms with Crippen LogP contribution in [0.25, 0.3) is 0 Å². The molecule has 0 spiro atoms. The summed E-state index contributed by atoms with van der Waals surface area (Å²) in [4.78, 5) is 0. The maximum absolute atomic E-state index is 5.56. The molecule has 0 aromatic heterocycles. The predicted octanol–water partition coefficient (Wildman–Crippen LogP) is 4.31. The van der Waals surface area contributed by atoms with Crippen molar-refractivity contribution in [3.05, 3.63) is 34.3 Å². The Balaban J connectivity index is 2.29. The normalized spacial score (nSPS) is 12.6. The van der Waals surface area contributed by atoms with E-state index < -0.39 is 0 Å². The summed E-state index contributed by atoms with van der Waals surface area (Å²) in [6.07, 6.45) is 3.44. The first kappa shape index (κ1) is 15.7. The quantitative estimate of drug-likeness (QED) is 0.686. The minimum Gasteiger partial charge on any atom is -0.380 e. The molecule has 0 heterocycles. The zero-order valence-corrected chi connectivity index (χ0v) is 13.0. The van der Waals surface area contributed by atoms with E-state index >= 15 is 0 Å². The summed E-state index contributed by atoms with van der Waals surface area (Å²) in [5, 5.41) is 3.54. The molecule has 18 heavy (non-hydrogen) atoms. The largest absolute Gasteiger partial charge is 0.380 e. The van der Waals surface area contributed by atoms with Gasteiger partial charge in [-0.05, 0) is 30.5 Å². The Morgan fingerprint density at radius 3 is 2.78 bits per heavy atom. The van der Waals surface area contributed by atoms with Gasteiger partial charge in [0.2, 0.25) is 0 Å². The molecule has 0 aliphatic rings. The molecule has 1 rings (SSSR count). The first-order chi connectivity index (χ1) is 8.77. The molecule has 1 aromatic rings. The SMILES string of the molecule is CCCCOCCNC(CC)c1cccc(Br)c1. The first-order valence-corrected chi connectivity index (χ1v) is 7.63. The molecule has 1 unspecified atom stereocenters. The van der Waals surface area contributed by atoms with Gasteiger partial charge in [-0.3, -0.25) is 0 Å². The fourth-order valence-corrected chi connectivity index (χ4v) is 2.29. The molecule has 1 atom stereocenters. The van der Waals surface area contributed by atoms with E-state index in [9.17, 15) is 0 Å². The Bertz CT molecular complexity index is 330. The third-order valence-electron chi connectivity index (χ3n) is 2.94. The molecule has 1 aromatic carbocycles. The number of hydrogen-bond donors (Lipinski definition) is 1. The summed E-state index contributed by atoms with van der Waals surface area (Å²) in [5.74, 6) is 0. The second-order valence-electron chi connectivity index (χ2n) is 4.44. The average molecular weight is 314 g/mol. The summed E-state index contributed by atoms with van der Waals surface area (Å²) in [7, 11) is 0. The van der Waals surface area contributed by atoms with Crippen LogP contribution in [0.4, 0.5) is 0 Å². The molecule has 102 valence electrons. The van der Waals surface area contributed by atoms with E-state index in [0.29, 0.717) is 6.04 Å². The zero-order valence-electron chi connectivity index (χ0n) is 11.4. The van der Waals surface area contributed by atoms with Crippen molar-refractivity contribution in [3.8, 4) is 0 Å². The van der Waals surface area contributed by atoms with Crippen LogP contribution in [0.5, 0.6) is 0 Å². The predicted molar refractivity (Wildman–Crippen MR) is 80.9 cm³/mol. The Kier molecular flexibility index (Phi) is 8.31. The highest BCUT2D eigenvalue weighted by Gasteiger charge is 2.08. The number of benzene rings is 1. The van der Waals surface area contributed by atoms with Crippen LogP contribution in [0.15, 0.2) is 28.7 Å². The van der Waals surface area contributed by atoms with Crippen LogP contribution in [0.1, 0.15) is 44.7 Å². The number of unbranched alkanes of at least 4 members (excludes halogenated alkanes) is 1. The summed E-state index contributed by atoms with van der Waals surface area (Å²) >= 11 is 3.52. The van der Waals surface area contributed by atoms with E-state index in [-0.39, 0.29) is 0 Å². The lowest BCUT2D eigenvalue weighted by molar-refractivity contribution is 0.130. The molecular weight excluding hydrogens is 290 g/mol. The topological polar surface area (TPSA) is 21.3 Å². The maximum Gasteiger partial charge on any atom is 0.0591 e. The van der Waals surface area contributed by atoms with Gasteiger partial charge in [0.05, 0.1) is 6.61 Å². The number of ether oxygens (including phenoxy) is 1. The van der Waals surface area contributed by atoms with E-state index in [1.807, 2.05) is 0 Å². The van der Waals surface area contributed by atoms with Crippen molar-refractivity contribution >= 4 is 15.9 Å². The minimum atomic E-state index is 0.414. The zero-order chi connectivity index (χ0) is 13.2. The molecule has 0 saturated carbocycles. The monoisotopic (exact) mass is 313 g/mol. The summed E-state index contributed by atoms with van der Waals surface area (Å²) in [5.41, 5.74) is 1.33. The minimum absolute atomic E-state index is 0.414. The molecule has 3 heteroatoms. The Morgan fingerprint density at radius 2 is 2.11 bits per heavy atom. The van der Waals surface area contributed by atoms with Crippen LogP contribution < -0.4 is 5.32 Å². The third kappa shape index (κ3) is 5.98. The molecule has 0 fully saturated rings. The number of nitrogens with one attached hydrogen (secondary N) is 1. The van der Waals surface area contributed by atoms with E-state index in [0.717, 1.165) is 37.1 Å². The Hall–Kier alpha value is -0.380. The van der Waals surface area contributed by atoms with Gasteiger partial charge in [-0.15, -0.1) is 0 Å². The first-order valence-electron chi connectivity index (χ1n) is 6.84. The number of rotatable bonds is 9. The summed E-state index contributed by atoms with van der Waals surface area (Å²) < 4.78 is 6.70. The van der Waals surface area contributed by atoms with Crippen molar-refractivity contribution in [2.45, 2.75) is 39.2 Å². The standard InChI is InChI=1S/C15H24BrNO/c1-3-5-10-18-11-9-17-15(4-2)13-7-6-8-14(16)12-13/h6-8,12,15,17H,3-5,9-11H2,1-2H3. The molecule has 2 nitrogen and oxygen atoms in total. The van der Waals surface area contributed by atoms with Gasteiger partial charge in [0, 0.05) is 23.7 Å². The van der Waals surface area contributed by atoms with E-state index in [4.69, 9.17) is 4.74 Å². The molecule has 0 bridgehead atoms. The van der Waals surface area contributed by atoms with Gasteiger partial charge >= 0.3 is 0 Å². The average Bonchev–Trinajstić information content (AvgIpc) is 2.38. The molecule has 0 aliphatic carbocycles. The van der Waals surface area contributed by atoms with Crippen molar-refractivity contribution in [3.63, 3.8) is 0 Å². The highest BCUT2D eigenvalue weighted by Crippen LogP contribution is 2.20. The van der Waals surface area contributed by atoms with Gasteiger partial charge in [-0.25, -0.2) is 0 Å². The highest BCUT2D eigenvalue weighted by molar-refractivity contribution is 9.10. The summed E-state index contributed by atoms with van der Waals surface area (Å²) in [6.45, 7) is 6.98. The van der Waals surface area contributed by atoms with Gasteiger partial charge in [-0.2, -0.15) is 0 Å². The van der Waals surface area contributed by atoms with Crippen molar-refractivity contribution in [2.75, 3.05) is 19.8 Å². The van der Waals surface area contributed by atoms with Crippen LogP contribution in [-0.4, -0.2) is 19.8 Å². The van der Waals surface area contributed by atoms with Gasteiger partial charge in [0.1, 0.15) is 0 Å². The third-order valence-corrected chi connectivity index (χ3v) is 3.43. The van der Waals surface area contributed by atoms with E-state index in [1.54, 1.807) is 0 Å². The molecule has 0 aliphatic heterocycles. The Labute approximate surface area is 119 Å². The van der Waals surface area contributed by atoms with Crippen molar-refractivity contribution in [1.82, 2.24) is 5.32 Å². The van der Waals surface area contributed by atoms with Crippen LogP contribution in [0.3, 0.4) is 0 Å². The molecule has 0 saturated heterocycles. The van der Waals surface area contributed by atoms with Gasteiger partial charge in [-0.1, -0.05) is 48.3 Å². The second kappa shape index (κ2) is 9.54. The maximum atomic E-state index is 5.56. The second-order valence-corrected chi connectivity index (χ2v) is 5.35. The Morgan fingerprint density at radius 1 is 1.28 bits per heavy atom. The molecule has 0 radical (unpaired) electrons.